The molecule has 0 atom stereocenters. The largest absolute Gasteiger partial charge is 0.396 e. The normalized spacial score (nSPS) is 10.7. The van der Waals surface area contributed by atoms with Crippen molar-refractivity contribution < 1.29 is 9.90 Å². The molecular formula is C10H20O2. The van der Waals surface area contributed by atoms with Crippen molar-refractivity contribution in [3.8, 4) is 0 Å². The van der Waals surface area contributed by atoms with E-state index in [1.165, 1.54) is 0 Å². The standard InChI is InChI=1S/C10H20O2/c1-9(2)10(12)7-5-3-4-6-8-11/h9,11H,3-8H2,1-2H3. The molecule has 2 heteroatoms. The molecule has 0 aromatic carbocycles. The maximum absolute atomic E-state index is 11.1. The molecule has 0 aliphatic rings. The summed E-state index contributed by atoms with van der Waals surface area (Å²) in [5.41, 5.74) is 0. The van der Waals surface area contributed by atoms with Gasteiger partial charge in [0, 0.05) is 18.9 Å². The molecule has 0 aliphatic carbocycles. The van der Waals surface area contributed by atoms with Crippen LogP contribution in [0.15, 0.2) is 0 Å². The lowest BCUT2D eigenvalue weighted by molar-refractivity contribution is -0.122. The van der Waals surface area contributed by atoms with E-state index in [9.17, 15) is 4.79 Å². The summed E-state index contributed by atoms with van der Waals surface area (Å²) in [5.74, 6) is 0.543. The Labute approximate surface area is 75.0 Å². The molecule has 2 nitrogen and oxygen atoms in total. The number of hydrogen-bond acceptors (Lipinski definition) is 2. The first kappa shape index (κ1) is 11.6. The molecule has 0 rings (SSSR count). The fraction of sp³-hybridized carbons (Fsp3) is 0.900. The first-order valence-electron chi connectivity index (χ1n) is 4.82. The molecule has 12 heavy (non-hydrogen) atoms. The first-order valence-corrected chi connectivity index (χ1v) is 4.82. The van der Waals surface area contributed by atoms with Crippen molar-refractivity contribution >= 4 is 5.78 Å². The third-order valence-electron chi connectivity index (χ3n) is 1.98. The topological polar surface area (TPSA) is 37.3 Å². The Morgan fingerprint density at radius 3 is 2.25 bits per heavy atom. The van der Waals surface area contributed by atoms with Crippen molar-refractivity contribution in [3.63, 3.8) is 0 Å². The number of carbonyl (C=O) groups excluding carboxylic acids is 1. The second-order valence-corrected chi connectivity index (χ2v) is 3.51. The predicted octanol–water partition coefficient (Wildman–Crippen LogP) is 2.15. The van der Waals surface area contributed by atoms with Crippen molar-refractivity contribution in [1.82, 2.24) is 0 Å². The number of ketones is 1. The zero-order valence-electron chi connectivity index (χ0n) is 8.18. The third kappa shape index (κ3) is 6.35. The number of Topliss-reactive ketones (excluding diaryl/α,β-unsaturated/α-hetero) is 1. The first-order chi connectivity index (χ1) is 5.68. The Hall–Kier alpha value is -0.370. The van der Waals surface area contributed by atoms with Crippen LogP contribution in [-0.2, 0) is 4.79 Å². The summed E-state index contributed by atoms with van der Waals surface area (Å²) < 4.78 is 0. The van der Waals surface area contributed by atoms with Gasteiger partial charge >= 0.3 is 0 Å². The van der Waals surface area contributed by atoms with Gasteiger partial charge in [-0.3, -0.25) is 4.79 Å². The molecule has 0 saturated carbocycles. The van der Waals surface area contributed by atoms with E-state index in [1.807, 2.05) is 13.8 Å². The summed E-state index contributed by atoms with van der Waals surface area (Å²) in [7, 11) is 0. The summed E-state index contributed by atoms with van der Waals surface area (Å²) in [4.78, 5) is 11.1. The molecule has 72 valence electrons. The van der Waals surface area contributed by atoms with Gasteiger partial charge in [-0.2, -0.15) is 0 Å². The van der Waals surface area contributed by atoms with Crippen molar-refractivity contribution in [2.24, 2.45) is 5.92 Å². The van der Waals surface area contributed by atoms with Gasteiger partial charge in [0.2, 0.25) is 0 Å². The average molecular weight is 172 g/mol. The van der Waals surface area contributed by atoms with Crippen molar-refractivity contribution in [1.29, 1.82) is 0 Å². The summed E-state index contributed by atoms with van der Waals surface area (Å²) in [6.45, 7) is 4.16. The number of aliphatic hydroxyl groups excluding tert-OH is 1. The fourth-order valence-corrected chi connectivity index (χ4v) is 1.05. The Balaban J connectivity index is 3.14. The van der Waals surface area contributed by atoms with Gasteiger partial charge in [0.15, 0.2) is 0 Å². The SMILES string of the molecule is CC(C)C(=O)CCCCCCO. The Morgan fingerprint density at radius 2 is 1.75 bits per heavy atom. The second kappa shape index (κ2) is 7.29. The smallest absolute Gasteiger partial charge is 0.135 e. The highest BCUT2D eigenvalue weighted by atomic mass is 16.2. The Kier molecular flexibility index (Phi) is 7.06. The molecule has 0 spiro atoms. The predicted molar refractivity (Wildman–Crippen MR) is 50.0 cm³/mol. The molecule has 0 amide bonds. The van der Waals surface area contributed by atoms with Crippen LogP contribution in [0.1, 0.15) is 46.0 Å². The summed E-state index contributed by atoms with van der Waals surface area (Å²) in [6, 6.07) is 0. The zero-order valence-corrected chi connectivity index (χ0v) is 8.18. The van der Waals surface area contributed by atoms with Gasteiger partial charge in [-0.15, -0.1) is 0 Å². The second-order valence-electron chi connectivity index (χ2n) is 3.51. The lowest BCUT2D eigenvalue weighted by Crippen LogP contribution is -2.06. The summed E-state index contributed by atoms with van der Waals surface area (Å²) in [6.07, 6.45) is 4.68. The van der Waals surface area contributed by atoms with Crippen LogP contribution >= 0.6 is 0 Å². The summed E-state index contributed by atoms with van der Waals surface area (Å²) >= 11 is 0. The molecule has 0 aromatic heterocycles. The number of unbranched alkanes of at least 4 members (excludes halogenated alkanes) is 3. The van der Waals surface area contributed by atoms with Crippen LogP contribution in [0.4, 0.5) is 0 Å². The van der Waals surface area contributed by atoms with Crippen LogP contribution in [0.5, 0.6) is 0 Å². The van der Waals surface area contributed by atoms with E-state index in [4.69, 9.17) is 5.11 Å². The summed E-state index contributed by atoms with van der Waals surface area (Å²) in [5, 5.41) is 8.50. The molecule has 0 radical (unpaired) electrons. The van der Waals surface area contributed by atoms with Crippen LogP contribution < -0.4 is 0 Å². The molecule has 0 bridgehead atoms. The molecule has 0 aromatic rings. The van der Waals surface area contributed by atoms with E-state index in [1.54, 1.807) is 0 Å². The number of carbonyl (C=O) groups is 1. The molecule has 0 heterocycles. The van der Waals surface area contributed by atoms with E-state index in [0.717, 1.165) is 25.7 Å². The van der Waals surface area contributed by atoms with E-state index in [-0.39, 0.29) is 12.5 Å². The van der Waals surface area contributed by atoms with Gasteiger partial charge in [0.25, 0.3) is 0 Å². The van der Waals surface area contributed by atoms with Crippen LogP contribution in [-0.4, -0.2) is 17.5 Å². The zero-order chi connectivity index (χ0) is 9.40. The number of aliphatic hydroxyl groups is 1. The van der Waals surface area contributed by atoms with E-state index in [2.05, 4.69) is 0 Å². The van der Waals surface area contributed by atoms with Gasteiger partial charge in [0.1, 0.15) is 5.78 Å². The van der Waals surface area contributed by atoms with Gasteiger partial charge in [0.05, 0.1) is 0 Å². The molecule has 0 unspecified atom stereocenters. The highest BCUT2D eigenvalue weighted by molar-refractivity contribution is 5.80. The minimum absolute atomic E-state index is 0.183. The maximum Gasteiger partial charge on any atom is 0.135 e. The minimum atomic E-state index is 0.183. The fourth-order valence-electron chi connectivity index (χ4n) is 1.05. The van der Waals surface area contributed by atoms with Crippen molar-refractivity contribution in [3.05, 3.63) is 0 Å². The lowest BCUT2D eigenvalue weighted by Gasteiger charge is -2.02. The molecule has 0 saturated heterocycles. The third-order valence-corrected chi connectivity index (χ3v) is 1.98. The Bertz CT molecular complexity index is 119. The van der Waals surface area contributed by atoms with E-state index >= 15 is 0 Å². The van der Waals surface area contributed by atoms with Crippen molar-refractivity contribution in [2.75, 3.05) is 6.61 Å². The van der Waals surface area contributed by atoms with Crippen LogP contribution in [0.2, 0.25) is 0 Å². The monoisotopic (exact) mass is 172 g/mol. The number of hydrogen-bond donors (Lipinski definition) is 1. The molecule has 1 N–H and O–H groups in total. The molecule has 0 aliphatic heterocycles. The van der Waals surface area contributed by atoms with E-state index in [0.29, 0.717) is 12.2 Å². The molecule has 0 fully saturated rings. The van der Waals surface area contributed by atoms with Crippen LogP contribution in [0.3, 0.4) is 0 Å². The maximum atomic E-state index is 11.1. The van der Waals surface area contributed by atoms with Gasteiger partial charge < -0.3 is 5.11 Å². The average Bonchev–Trinajstić information content (AvgIpc) is 2.03. The quantitative estimate of drug-likeness (QED) is 0.597. The Morgan fingerprint density at radius 1 is 1.17 bits per heavy atom. The van der Waals surface area contributed by atoms with E-state index < -0.39 is 0 Å². The van der Waals surface area contributed by atoms with Crippen molar-refractivity contribution in [2.45, 2.75) is 46.0 Å². The lowest BCUT2D eigenvalue weighted by atomic mass is 10.0. The molecular weight excluding hydrogens is 152 g/mol. The van der Waals surface area contributed by atoms with Gasteiger partial charge in [-0.1, -0.05) is 26.7 Å². The number of rotatable bonds is 7. The van der Waals surface area contributed by atoms with Crippen LogP contribution in [0.25, 0.3) is 0 Å². The van der Waals surface area contributed by atoms with Gasteiger partial charge in [-0.25, -0.2) is 0 Å². The highest BCUT2D eigenvalue weighted by Crippen LogP contribution is 2.06. The minimum Gasteiger partial charge on any atom is -0.396 e. The highest BCUT2D eigenvalue weighted by Gasteiger charge is 2.05. The van der Waals surface area contributed by atoms with Gasteiger partial charge in [-0.05, 0) is 12.8 Å². The van der Waals surface area contributed by atoms with Crippen LogP contribution in [0, 0.1) is 5.92 Å².